The first-order valence-corrected chi connectivity index (χ1v) is 6.33. The second-order valence-corrected chi connectivity index (χ2v) is 5.16. The third-order valence-corrected chi connectivity index (χ3v) is 3.26. The van der Waals surface area contributed by atoms with E-state index < -0.39 is 33.4 Å². The number of nitrogens with one attached hydrogen (secondary N) is 1. The lowest BCUT2D eigenvalue weighted by molar-refractivity contribution is -0.0521. The van der Waals surface area contributed by atoms with Crippen molar-refractivity contribution in [2.75, 3.05) is 9.93 Å². The first-order valence-electron chi connectivity index (χ1n) is 4.15. The number of anilines is 1. The molecule has 0 radical (unpaired) electrons. The van der Waals surface area contributed by atoms with E-state index in [1.54, 1.807) is 0 Å². The second kappa shape index (κ2) is 5.46. The Balaban J connectivity index is 2.89. The number of hydrogen-bond donors (Lipinski definition) is 1. The molecule has 96 valence electrons. The van der Waals surface area contributed by atoms with Crippen molar-refractivity contribution < 1.29 is 26.3 Å². The van der Waals surface area contributed by atoms with Crippen LogP contribution in [-0.4, -0.2) is 20.2 Å². The third-order valence-electron chi connectivity index (χ3n) is 1.56. The summed E-state index contributed by atoms with van der Waals surface area (Å²) in [6.45, 7) is -3.16. The molecule has 4 nitrogen and oxygen atoms in total. The molecule has 0 aliphatic carbocycles. The monoisotopic (exact) mass is 289 g/mol. The minimum Gasteiger partial charge on any atom is -0.432 e. The van der Waals surface area contributed by atoms with Crippen molar-refractivity contribution in [2.24, 2.45) is 0 Å². The molecule has 0 atom stereocenters. The maximum absolute atomic E-state index is 13.2. The maximum Gasteiger partial charge on any atom is 0.387 e. The zero-order valence-corrected chi connectivity index (χ0v) is 9.73. The van der Waals surface area contributed by atoms with E-state index in [1.807, 2.05) is 4.72 Å². The highest BCUT2D eigenvalue weighted by atomic mass is 35.5. The van der Waals surface area contributed by atoms with E-state index in [0.29, 0.717) is 6.07 Å². The Kier molecular flexibility index (Phi) is 4.47. The quantitative estimate of drug-likeness (QED) is 0.847. The van der Waals surface area contributed by atoms with Crippen LogP contribution in [0.1, 0.15) is 0 Å². The number of ether oxygens (including phenoxy) is 1. The van der Waals surface area contributed by atoms with Crippen LogP contribution < -0.4 is 9.46 Å². The van der Waals surface area contributed by atoms with Crippen molar-refractivity contribution in [1.82, 2.24) is 0 Å². The zero-order valence-electron chi connectivity index (χ0n) is 8.16. The first kappa shape index (κ1) is 13.9. The predicted octanol–water partition coefficient (Wildman–Crippen LogP) is 2.37. The Morgan fingerprint density at radius 1 is 1.41 bits per heavy atom. The molecule has 0 aliphatic rings. The molecule has 0 heterocycles. The van der Waals surface area contributed by atoms with Gasteiger partial charge in [0.15, 0.2) is 11.6 Å². The van der Waals surface area contributed by atoms with Crippen LogP contribution >= 0.6 is 11.6 Å². The van der Waals surface area contributed by atoms with Crippen molar-refractivity contribution in [3.05, 3.63) is 24.0 Å². The molecular weight excluding hydrogens is 283 g/mol. The van der Waals surface area contributed by atoms with Gasteiger partial charge in [-0.25, -0.2) is 12.8 Å². The molecule has 1 aromatic rings. The topological polar surface area (TPSA) is 55.4 Å². The van der Waals surface area contributed by atoms with E-state index in [-0.39, 0.29) is 5.69 Å². The van der Waals surface area contributed by atoms with Crippen LogP contribution in [0.25, 0.3) is 0 Å². The lowest BCUT2D eigenvalue weighted by Crippen LogP contribution is -2.13. The molecule has 1 aromatic carbocycles. The number of alkyl halides is 3. The number of benzene rings is 1. The Morgan fingerprint density at radius 3 is 2.53 bits per heavy atom. The van der Waals surface area contributed by atoms with Gasteiger partial charge >= 0.3 is 6.61 Å². The van der Waals surface area contributed by atoms with Crippen LogP contribution in [0, 0.1) is 5.82 Å². The van der Waals surface area contributed by atoms with Crippen molar-refractivity contribution >= 4 is 27.3 Å². The van der Waals surface area contributed by atoms with Gasteiger partial charge < -0.3 is 4.74 Å². The van der Waals surface area contributed by atoms with Crippen molar-refractivity contribution in [3.8, 4) is 5.75 Å². The first-order chi connectivity index (χ1) is 7.84. The van der Waals surface area contributed by atoms with Gasteiger partial charge in [0.05, 0.1) is 5.69 Å². The van der Waals surface area contributed by atoms with E-state index in [0.717, 1.165) is 12.1 Å². The Hall–Kier alpha value is -1.15. The number of halogens is 4. The van der Waals surface area contributed by atoms with Crippen LogP contribution in [0.3, 0.4) is 0 Å². The van der Waals surface area contributed by atoms with Crippen LogP contribution in [0.15, 0.2) is 18.2 Å². The number of sulfonamides is 1. The van der Waals surface area contributed by atoms with Crippen LogP contribution in [-0.2, 0) is 10.0 Å². The van der Waals surface area contributed by atoms with Crippen molar-refractivity contribution in [1.29, 1.82) is 0 Å². The second-order valence-electron chi connectivity index (χ2n) is 2.85. The molecule has 0 aliphatic heterocycles. The van der Waals surface area contributed by atoms with E-state index in [4.69, 9.17) is 11.6 Å². The summed E-state index contributed by atoms with van der Waals surface area (Å²) < 4.78 is 64.6. The average Bonchev–Trinajstić information content (AvgIpc) is 2.21. The van der Waals surface area contributed by atoms with Gasteiger partial charge in [0.2, 0.25) is 10.0 Å². The highest BCUT2D eigenvalue weighted by Crippen LogP contribution is 2.23. The Labute approximate surface area is 100 Å². The van der Waals surface area contributed by atoms with Crippen LogP contribution in [0.4, 0.5) is 18.9 Å². The fourth-order valence-corrected chi connectivity index (χ4v) is 1.67. The van der Waals surface area contributed by atoms with Gasteiger partial charge in [0, 0.05) is 6.07 Å². The van der Waals surface area contributed by atoms with Crippen LogP contribution in [0.5, 0.6) is 5.75 Å². The fraction of sp³-hybridized carbons (Fsp3) is 0.250. The zero-order chi connectivity index (χ0) is 13.1. The lowest BCUT2D eigenvalue weighted by Gasteiger charge is -2.08. The molecule has 0 saturated carbocycles. The number of rotatable bonds is 5. The van der Waals surface area contributed by atoms with E-state index in [9.17, 15) is 21.6 Å². The standard InChI is InChI=1S/C8H7ClF3NO3S/c9-4-17(14,15)13-5-1-2-7(6(10)3-5)16-8(11)12/h1-3,8,13H,4H2. The predicted molar refractivity (Wildman–Crippen MR) is 56.3 cm³/mol. The van der Waals surface area contributed by atoms with Gasteiger partial charge in [-0.15, -0.1) is 11.6 Å². The summed E-state index contributed by atoms with van der Waals surface area (Å²) in [5.41, 5.74) is -0.134. The molecule has 0 amide bonds. The summed E-state index contributed by atoms with van der Waals surface area (Å²) in [5, 5.41) is -0.704. The van der Waals surface area contributed by atoms with E-state index >= 15 is 0 Å². The normalized spacial score (nSPS) is 11.6. The maximum atomic E-state index is 13.2. The summed E-state index contributed by atoms with van der Waals surface area (Å²) >= 11 is 5.11. The minimum absolute atomic E-state index is 0.134. The molecule has 0 unspecified atom stereocenters. The summed E-state index contributed by atoms with van der Waals surface area (Å²) in [4.78, 5) is 0. The lowest BCUT2D eigenvalue weighted by atomic mass is 10.3. The Bertz CT molecular complexity index is 495. The number of hydrogen-bond acceptors (Lipinski definition) is 3. The van der Waals surface area contributed by atoms with Gasteiger partial charge in [-0.3, -0.25) is 4.72 Å². The highest BCUT2D eigenvalue weighted by Gasteiger charge is 2.13. The van der Waals surface area contributed by atoms with Gasteiger partial charge in [0.25, 0.3) is 0 Å². The van der Waals surface area contributed by atoms with Crippen LogP contribution in [0.2, 0.25) is 0 Å². The molecule has 0 spiro atoms. The summed E-state index contributed by atoms with van der Waals surface area (Å²) in [6, 6.07) is 2.67. The van der Waals surface area contributed by atoms with Gasteiger partial charge in [-0.05, 0) is 12.1 Å². The minimum atomic E-state index is -3.77. The molecule has 0 saturated heterocycles. The molecule has 0 bridgehead atoms. The Morgan fingerprint density at radius 2 is 2.06 bits per heavy atom. The average molecular weight is 290 g/mol. The molecule has 0 aromatic heterocycles. The van der Waals surface area contributed by atoms with Crippen molar-refractivity contribution in [2.45, 2.75) is 6.61 Å². The SMILES string of the molecule is O=S(=O)(CCl)Nc1ccc(OC(F)F)c(F)c1. The molecule has 1 rings (SSSR count). The smallest absolute Gasteiger partial charge is 0.387 e. The fourth-order valence-electron chi connectivity index (χ4n) is 0.963. The molecule has 1 N–H and O–H groups in total. The van der Waals surface area contributed by atoms with Crippen molar-refractivity contribution in [3.63, 3.8) is 0 Å². The van der Waals surface area contributed by atoms with Gasteiger partial charge in [-0.1, -0.05) is 0 Å². The third kappa shape index (κ3) is 4.31. The molecule has 9 heteroatoms. The van der Waals surface area contributed by atoms with E-state index in [2.05, 4.69) is 4.74 Å². The summed E-state index contributed by atoms with van der Waals surface area (Å²) in [7, 11) is -3.77. The molecule has 17 heavy (non-hydrogen) atoms. The highest BCUT2D eigenvalue weighted by molar-refractivity contribution is 7.93. The molecular formula is C8H7ClF3NO3S. The van der Waals surface area contributed by atoms with Gasteiger partial charge in [0.1, 0.15) is 5.21 Å². The molecule has 0 fully saturated rings. The largest absolute Gasteiger partial charge is 0.432 e. The summed E-state index contributed by atoms with van der Waals surface area (Å²) in [6.07, 6.45) is 0. The van der Waals surface area contributed by atoms with Gasteiger partial charge in [-0.2, -0.15) is 8.78 Å². The summed E-state index contributed by atoms with van der Waals surface area (Å²) in [5.74, 6) is -1.78. The van der Waals surface area contributed by atoms with E-state index in [1.165, 1.54) is 0 Å².